The van der Waals surface area contributed by atoms with Gasteiger partial charge in [0, 0.05) is 18.2 Å². The van der Waals surface area contributed by atoms with Crippen molar-refractivity contribution in [1.29, 1.82) is 0 Å². The van der Waals surface area contributed by atoms with Crippen molar-refractivity contribution in [3.8, 4) is 17.1 Å². The number of likely N-dealkylation sites (tertiary alicyclic amines) is 1. The number of nitrogens with one attached hydrogen (secondary N) is 1. The zero-order chi connectivity index (χ0) is 15.4. The third-order valence-electron chi connectivity index (χ3n) is 4.09. The van der Waals surface area contributed by atoms with E-state index in [0.717, 1.165) is 24.4 Å². The van der Waals surface area contributed by atoms with Gasteiger partial charge >= 0.3 is 0 Å². The summed E-state index contributed by atoms with van der Waals surface area (Å²) >= 11 is 0. The first-order valence-corrected chi connectivity index (χ1v) is 7.65. The molecule has 1 atom stereocenters. The van der Waals surface area contributed by atoms with Gasteiger partial charge in [-0.3, -0.25) is 4.90 Å². The van der Waals surface area contributed by atoms with Crippen LogP contribution >= 0.6 is 12.4 Å². The van der Waals surface area contributed by atoms with Crippen LogP contribution in [-0.4, -0.2) is 48.3 Å². The van der Waals surface area contributed by atoms with Crippen LogP contribution in [0.5, 0.6) is 5.75 Å². The van der Waals surface area contributed by atoms with Crippen LogP contribution in [0.2, 0.25) is 0 Å². The number of hydrogen-bond acceptors (Lipinski definition) is 6. The summed E-state index contributed by atoms with van der Waals surface area (Å²) in [7, 11) is 3.67. The number of likely N-dealkylation sites (N-methyl/N-ethyl adjacent to an activating group) is 1. The third-order valence-corrected chi connectivity index (χ3v) is 4.09. The Kier molecular flexibility index (Phi) is 6.38. The van der Waals surface area contributed by atoms with Crippen LogP contribution in [0, 0.1) is 0 Å². The van der Waals surface area contributed by atoms with Gasteiger partial charge < -0.3 is 14.6 Å². The van der Waals surface area contributed by atoms with E-state index in [1.807, 2.05) is 31.3 Å². The van der Waals surface area contributed by atoms with Gasteiger partial charge in [-0.1, -0.05) is 5.16 Å². The maximum Gasteiger partial charge on any atom is 0.241 e. The molecule has 6 nitrogen and oxygen atoms in total. The molecule has 1 fully saturated rings. The molecule has 0 amide bonds. The fraction of sp³-hybridized carbons (Fsp3) is 0.500. The molecule has 0 saturated carbocycles. The SMILES string of the molecule is CNC1CCCN(Cc2nc(-c3ccc(OC)cc3)no2)C1.Cl. The molecule has 0 spiro atoms. The molecular formula is C16H23ClN4O2. The minimum absolute atomic E-state index is 0. The van der Waals surface area contributed by atoms with Crippen molar-refractivity contribution >= 4 is 12.4 Å². The van der Waals surface area contributed by atoms with Crippen LogP contribution in [0.4, 0.5) is 0 Å². The summed E-state index contributed by atoms with van der Waals surface area (Å²) in [6.45, 7) is 2.82. The average molecular weight is 339 g/mol. The van der Waals surface area contributed by atoms with Crippen LogP contribution in [0.15, 0.2) is 28.8 Å². The van der Waals surface area contributed by atoms with Crippen molar-refractivity contribution in [3.63, 3.8) is 0 Å². The summed E-state index contributed by atoms with van der Waals surface area (Å²) in [5.74, 6) is 2.11. The molecule has 0 bridgehead atoms. The van der Waals surface area contributed by atoms with Crippen LogP contribution < -0.4 is 10.1 Å². The van der Waals surface area contributed by atoms with Gasteiger partial charge in [-0.05, 0) is 50.7 Å². The molecule has 1 saturated heterocycles. The summed E-state index contributed by atoms with van der Waals surface area (Å²) in [4.78, 5) is 6.86. The monoisotopic (exact) mass is 338 g/mol. The molecule has 1 unspecified atom stereocenters. The van der Waals surface area contributed by atoms with Crippen molar-refractivity contribution in [2.45, 2.75) is 25.4 Å². The van der Waals surface area contributed by atoms with Gasteiger partial charge in [0.1, 0.15) is 5.75 Å². The summed E-state index contributed by atoms with van der Waals surface area (Å²) in [5, 5.41) is 7.42. The first kappa shape index (κ1) is 17.7. The highest BCUT2D eigenvalue weighted by Gasteiger charge is 2.20. The minimum Gasteiger partial charge on any atom is -0.497 e. The quantitative estimate of drug-likeness (QED) is 0.903. The largest absolute Gasteiger partial charge is 0.497 e. The molecule has 23 heavy (non-hydrogen) atoms. The second kappa shape index (κ2) is 8.29. The van der Waals surface area contributed by atoms with Crippen molar-refractivity contribution in [2.75, 3.05) is 27.2 Å². The molecule has 7 heteroatoms. The van der Waals surface area contributed by atoms with Crippen LogP contribution in [0.25, 0.3) is 11.4 Å². The van der Waals surface area contributed by atoms with Crippen molar-refractivity contribution in [1.82, 2.24) is 20.4 Å². The number of rotatable bonds is 5. The second-order valence-corrected chi connectivity index (χ2v) is 5.60. The molecule has 1 aromatic heterocycles. The average Bonchev–Trinajstić information content (AvgIpc) is 3.03. The van der Waals surface area contributed by atoms with E-state index in [9.17, 15) is 0 Å². The summed E-state index contributed by atoms with van der Waals surface area (Å²) in [6.07, 6.45) is 2.43. The molecule has 3 rings (SSSR count). The van der Waals surface area contributed by atoms with E-state index in [-0.39, 0.29) is 12.4 Å². The van der Waals surface area contributed by atoms with E-state index in [2.05, 4.69) is 20.4 Å². The zero-order valence-corrected chi connectivity index (χ0v) is 14.3. The fourth-order valence-electron chi connectivity index (χ4n) is 2.80. The van der Waals surface area contributed by atoms with Crippen LogP contribution in [0.3, 0.4) is 0 Å². The first-order valence-electron chi connectivity index (χ1n) is 7.65. The Hall–Kier alpha value is -1.63. The lowest BCUT2D eigenvalue weighted by atomic mass is 10.1. The fourth-order valence-corrected chi connectivity index (χ4v) is 2.80. The number of halogens is 1. The Morgan fingerprint density at radius 2 is 2.13 bits per heavy atom. The lowest BCUT2D eigenvalue weighted by molar-refractivity contribution is 0.167. The van der Waals surface area contributed by atoms with Crippen LogP contribution in [-0.2, 0) is 6.54 Å². The lowest BCUT2D eigenvalue weighted by Gasteiger charge is -2.31. The molecule has 126 valence electrons. The normalized spacial score (nSPS) is 18.4. The maximum absolute atomic E-state index is 5.39. The second-order valence-electron chi connectivity index (χ2n) is 5.60. The molecule has 0 radical (unpaired) electrons. The van der Waals surface area contributed by atoms with Gasteiger partial charge in [-0.15, -0.1) is 12.4 Å². The molecule has 2 aromatic rings. The first-order chi connectivity index (χ1) is 10.8. The Balaban J connectivity index is 0.00000192. The van der Waals surface area contributed by atoms with Gasteiger partial charge in [0.15, 0.2) is 0 Å². The number of hydrogen-bond donors (Lipinski definition) is 1. The smallest absolute Gasteiger partial charge is 0.241 e. The highest BCUT2D eigenvalue weighted by molar-refractivity contribution is 5.85. The molecule has 1 aliphatic heterocycles. The standard InChI is InChI=1S/C16H22N4O2.ClH/c1-17-13-4-3-9-20(10-13)11-15-18-16(19-22-15)12-5-7-14(21-2)8-6-12;/h5-8,13,17H,3-4,9-11H2,1-2H3;1H. The lowest BCUT2D eigenvalue weighted by Crippen LogP contribution is -2.43. The Labute approximate surface area is 142 Å². The molecular weight excluding hydrogens is 316 g/mol. The van der Waals surface area contributed by atoms with Crippen molar-refractivity contribution < 1.29 is 9.26 Å². The number of benzene rings is 1. The number of aromatic nitrogens is 2. The highest BCUT2D eigenvalue weighted by atomic mass is 35.5. The van der Waals surface area contributed by atoms with Gasteiger partial charge in [0.25, 0.3) is 0 Å². The summed E-state index contributed by atoms with van der Waals surface area (Å²) in [6, 6.07) is 8.22. The molecule has 1 aliphatic rings. The highest BCUT2D eigenvalue weighted by Crippen LogP contribution is 2.20. The topological polar surface area (TPSA) is 63.4 Å². The van der Waals surface area contributed by atoms with Crippen molar-refractivity contribution in [2.24, 2.45) is 0 Å². The van der Waals surface area contributed by atoms with E-state index in [1.54, 1.807) is 7.11 Å². The number of methoxy groups -OCH3 is 1. The predicted molar refractivity (Wildman–Crippen MR) is 90.9 cm³/mol. The van der Waals surface area contributed by atoms with E-state index < -0.39 is 0 Å². The number of nitrogens with zero attached hydrogens (tertiary/aromatic N) is 3. The number of ether oxygens (including phenoxy) is 1. The Morgan fingerprint density at radius 1 is 1.35 bits per heavy atom. The van der Waals surface area contributed by atoms with Gasteiger partial charge in [-0.2, -0.15) is 4.98 Å². The maximum atomic E-state index is 5.39. The third kappa shape index (κ3) is 4.43. The van der Waals surface area contributed by atoms with Gasteiger partial charge in [-0.25, -0.2) is 0 Å². The van der Waals surface area contributed by atoms with E-state index in [0.29, 0.717) is 24.3 Å². The summed E-state index contributed by atoms with van der Waals surface area (Å²) in [5.41, 5.74) is 0.933. The summed E-state index contributed by atoms with van der Waals surface area (Å²) < 4.78 is 10.5. The Morgan fingerprint density at radius 3 is 2.83 bits per heavy atom. The Bertz CT molecular complexity index is 602. The van der Waals surface area contributed by atoms with E-state index in [1.165, 1.54) is 12.8 Å². The van der Waals surface area contributed by atoms with E-state index in [4.69, 9.17) is 9.26 Å². The predicted octanol–water partition coefficient (Wildman–Crippen LogP) is 2.35. The van der Waals surface area contributed by atoms with Gasteiger partial charge in [0.05, 0.1) is 13.7 Å². The molecule has 0 aliphatic carbocycles. The molecule has 1 aromatic carbocycles. The molecule has 1 N–H and O–H groups in total. The zero-order valence-electron chi connectivity index (χ0n) is 13.5. The van der Waals surface area contributed by atoms with Gasteiger partial charge in [0.2, 0.25) is 11.7 Å². The minimum atomic E-state index is 0. The van der Waals surface area contributed by atoms with Crippen molar-refractivity contribution in [3.05, 3.63) is 30.2 Å². The van der Waals surface area contributed by atoms with E-state index >= 15 is 0 Å². The number of piperidine rings is 1. The van der Waals surface area contributed by atoms with Crippen LogP contribution in [0.1, 0.15) is 18.7 Å². The molecule has 2 heterocycles.